The van der Waals surface area contributed by atoms with E-state index < -0.39 is 0 Å². The number of unbranched alkanes of at least 4 members (excludes halogenated alkanes) is 1. The fraction of sp³-hybridized carbons (Fsp3) is 0.583. The Morgan fingerprint density at radius 1 is 1.67 bits per heavy atom. The molecule has 0 aromatic carbocycles. The molecule has 0 aliphatic rings. The Kier molecular flexibility index (Phi) is 4.56. The number of aromatic nitrogens is 2. The summed E-state index contributed by atoms with van der Waals surface area (Å²) in [7, 11) is 1.96. The smallest absolute Gasteiger partial charge is 0.0625 e. The van der Waals surface area contributed by atoms with Gasteiger partial charge in [0.15, 0.2) is 0 Å². The zero-order valence-corrected chi connectivity index (χ0v) is 9.74. The SMILES string of the molecule is C=CCCCC(N)c1cc(CC)nn1C. The van der Waals surface area contributed by atoms with Gasteiger partial charge in [-0.2, -0.15) is 5.10 Å². The van der Waals surface area contributed by atoms with Crippen molar-refractivity contribution in [1.82, 2.24) is 9.78 Å². The van der Waals surface area contributed by atoms with Gasteiger partial charge in [0, 0.05) is 13.1 Å². The molecule has 84 valence electrons. The first kappa shape index (κ1) is 12.0. The Balaban J connectivity index is 2.59. The van der Waals surface area contributed by atoms with Gasteiger partial charge in [0.2, 0.25) is 0 Å². The van der Waals surface area contributed by atoms with E-state index in [0.29, 0.717) is 0 Å². The summed E-state index contributed by atoms with van der Waals surface area (Å²) < 4.78 is 1.90. The lowest BCUT2D eigenvalue weighted by Crippen LogP contribution is -2.14. The van der Waals surface area contributed by atoms with E-state index in [-0.39, 0.29) is 6.04 Å². The van der Waals surface area contributed by atoms with E-state index in [4.69, 9.17) is 5.73 Å². The van der Waals surface area contributed by atoms with Gasteiger partial charge >= 0.3 is 0 Å². The average molecular weight is 207 g/mol. The Morgan fingerprint density at radius 2 is 2.40 bits per heavy atom. The molecule has 0 amide bonds. The maximum atomic E-state index is 6.11. The minimum absolute atomic E-state index is 0.0998. The van der Waals surface area contributed by atoms with Crippen LogP contribution in [0, 0.1) is 0 Å². The topological polar surface area (TPSA) is 43.8 Å². The van der Waals surface area contributed by atoms with Crippen LogP contribution in [0.5, 0.6) is 0 Å². The minimum Gasteiger partial charge on any atom is -0.323 e. The summed E-state index contributed by atoms with van der Waals surface area (Å²) >= 11 is 0. The fourth-order valence-electron chi connectivity index (χ4n) is 1.69. The van der Waals surface area contributed by atoms with E-state index in [1.54, 1.807) is 0 Å². The monoisotopic (exact) mass is 207 g/mol. The highest BCUT2D eigenvalue weighted by Crippen LogP contribution is 2.17. The highest BCUT2D eigenvalue weighted by Gasteiger charge is 2.11. The molecule has 15 heavy (non-hydrogen) atoms. The third kappa shape index (κ3) is 3.20. The molecule has 0 aliphatic heterocycles. The number of aryl methyl sites for hydroxylation is 2. The quantitative estimate of drug-likeness (QED) is 0.575. The fourth-order valence-corrected chi connectivity index (χ4v) is 1.69. The van der Waals surface area contributed by atoms with Crippen molar-refractivity contribution in [2.75, 3.05) is 0 Å². The van der Waals surface area contributed by atoms with Crippen molar-refractivity contribution in [2.45, 2.75) is 38.6 Å². The molecule has 1 heterocycles. The van der Waals surface area contributed by atoms with Crippen molar-refractivity contribution >= 4 is 0 Å². The number of nitrogens with zero attached hydrogens (tertiary/aromatic N) is 2. The second-order valence-electron chi connectivity index (χ2n) is 3.86. The summed E-state index contributed by atoms with van der Waals surface area (Å²) in [5, 5.41) is 4.39. The molecule has 2 N–H and O–H groups in total. The van der Waals surface area contributed by atoms with Crippen LogP contribution < -0.4 is 5.73 Å². The number of hydrogen-bond acceptors (Lipinski definition) is 2. The van der Waals surface area contributed by atoms with Gasteiger partial charge in [-0.3, -0.25) is 4.68 Å². The first-order valence-corrected chi connectivity index (χ1v) is 5.58. The Hall–Kier alpha value is -1.09. The molecular formula is C12H21N3. The summed E-state index contributed by atoms with van der Waals surface area (Å²) in [6.07, 6.45) is 6.03. The lowest BCUT2D eigenvalue weighted by Gasteiger charge is -2.10. The number of hydrogen-bond donors (Lipinski definition) is 1. The number of nitrogens with two attached hydrogens (primary N) is 1. The van der Waals surface area contributed by atoms with Gasteiger partial charge < -0.3 is 5.73 Å². The number of allylic oxidation sites excluding steroid dienone is 1. The average Bonchev–Trinajstić information content (AvgIpc) is 2.60. The van der Waals surface area contributed by atoms with Crippen molar-refractivity contribution in [3.05, 3.63) is 30.1 Å². The Bertz CT molecular complexity index is 315. The van der Waals surface area contributed by atoms with Crippen molar-refractivity contribution in [3.8, 4) is 0 Å². The minimum atomic E-state index is 0.0998. The zero-order valence-electron chi connectivity index (χ0n) is 9.74. The predicted molar refractivity (Wildman–Crippen MR) is 63.6 cm³/mol. The summed E-state index contributed by atoms with van der Waals surface area (Å²) in [4.78, 5) is 0. The van der Waals surface area contributed by atoms with Crippen LogP contribution in [0.3, 0.4) is 0 Å². The zero-order chi connectivity index (χ0) is 11.3. The molecule has 1 aromatic rings. The third-order valence-corrected chi connectivity index (χ3v) is 2.63. The Labute approximate surface area is 92.0 Å². The summed E-state index contributed by atoms with van der Waals surface area (Å²) in [5.74, 6) is 0. The van der Waals surface area contributed by atoms with Crippen LogP contribution >= 0.6 is 0 Å². The standard InChI is InChI=1S/C12H21N3/c1-4-6-7-8-11(13)12-9-10(5-2)14-15(12)3/h4,9,11H,1,5-8,13H2,2-3H3. The summed E-state index contributed by atoms with van der Waals surface area (Å²) in [5.41, 5.74) is 8.36. The second-order valence-corrected chi connectivity index (χ2v) is 3.86. The van der Waals surface area contributed by atoms with E-state index in [1.165, 1.54) is 0 Å². The maximum absolute atomic E-state index is 6.11. The molecule has 3 heteroatoms. The van der Waals surface area contributed by atoms with Gasteiger partial charge in [0.1, 0.15) is 0 Å². The van der Waals surface area contributed by atoms with E-state index in [0.717, 1.165) is 37.1 Å². The Morgan fingerprint density at radius 3 is 2.93 bits per heavy atom. The van der Waals surface area contributed by atoms with E-state index in [1.807, 2.05) is 17.8 Å². The van der Waals surface area contributed by atoms with Gasteiger partial charge in [-0.1, -0.05) is 13.0 Å². The molecule has 0 saturated carbocycles. The first-order valence-electron chi connectivity index (χ1n) is 5.58. The molecule has 0 radical (unpaired) electrons. The molecule has 3 nitrogen and oxygen atoms in total. The molecule has 0 spiro atoms. The van der Waals surface area contributed by atoms with Crippen LogP contribution in [0.25, 0.3) is 0 Å². The molecular weight excluding hydrogens is 186 g/mol. The van der Waals surface area contributed by atoms with E-state index in [2.05, 4.69) is 24.7 Å². The lowest BCUT2D eigenvalue weighted by atomic mass is 10.1. The molecule has 1 aromatic heterocycles. The molecule has 0 saturated heterocycles. The van der Waals surface area contributed by atoms with Gasteiger partial charge in [-0.25, -0.2) is 0 Å². The summed E-state index contributed by atoms with van der Waals surface area (Å²) in [6, 6.07) is 2.21. The normalized spacial score (nSPS) is 12.7. The molecule has 0 bridgehead atoms. The largest absolute Gasteiger partial charge is 0.323 e. The lowest BCUT2D eigenvalue weighted by molar-refractivity contribution is 0.562. The molecule has 0 aliphatic carbocycles. The first-order chi connectivity index (χ1) is 7.19. The van der Waals surface area contributed by atoms with Crippen molar-refractivity contribution in [1.29, 1.82) is 0 Å². The van der Waals surface area contributed by atoms with Crippen LogP contribution in [0.2, 0.25) is 0 Å². The maximum Gasteiger partial charge on any atom is 0.0625 e. The van der Waals surface area contributed by atoms with E-state index in [9.17, 15) is 0 Å². The molecule has 1 rings (SSSR count). The molecule has 1 atom stereocenters. The van der Waals surface area contributed by atoms with Crippen molar-refractivity contribution in [3.63, 3.8) is 0 Å². The van der Waals surface area contributed by atoms with Gasteiger partial charge in [0.25, 0.3) is 0 Å². The van der Waals surface area contributed by atoms with Gasteiger partial charge in [-0.15, -0.1) is 6.58 Å². The highest BCUT2D eigenvalue weighted by atomic mass is 15.3. The number of rotatable bonds is 6. The summed E-state index contributed by atoms with van der Waals surface area (Å²) in [6.45, 7) is 5.81. The van der Waals surface area contributed by atoms with Crippen LogP contribution in [0.1, 0.15) is 43.6 Å². The van der Waals surface area contributed by atoms with E-state index >= 15 is 0 Å². The predicted octanol–water partition coefficient (Wildman–Crippen LogP) is 2.34. The van der Waals surface area contributed by atoms with Crippen LogP contribution in [-0.4, -0.2) is 9.78 Å². The van der Waals surface area contributed by atoms with Crippen molar-refractivity contribution < 1.29 is 0 Å². The molecule has 0 fully saturated rings. The van der Waals surface area contributed by atoms with Crippen LogP contribution in [0.15, 0.2) is 18.7 Å². The second kappa shape index (κ2) is 5.71. The molecule has 1 unspecified atom stereocenters. The van der Waals surface area contributed by atoms with Crippen molar-refractivity contribution in [2.24, 2.45) is 12.8 Å². The van der Waals surface area contributed by atoms with Gasteiger partial charge in [-0.05, 0) is 31.7 Å². The third-order valence-electron chi connectivity index (χ3n) is 2.63. The highest BCUT2D eigenvalue weighted by molar-refractivity contribution is 5.13. The van der Waals surface area contributed by atoms with Crippen LogP contribution in [0.4, 0.5) is 0 Å². The van der Waals surface area contributed by atoms with Crippen LogP contribution in [-0.2, 0) is 13.5 Å². The van der Waals surface area contributed by atoms with Gasteiger partial charge in [0.05, 0.1) is 11.4 Å².